The van der Waals surface area contributed by atoms with Crippen LogP contribution in [0.5, 0.6) is 0 Å². The lowest BCUT2D eigenvalue weighted by Crippen LogP contribution is -2.16. The fourth-order valence-corrected chi connectivity index (χ4v) is 3.02. The Balaban J connectivity index is 1.88. The van der Waals surface area contributed by atoms with E-state index >= 15 is 0 Å². The molecule has 0 spiro atoms. The zero-order chi connectivity index (χ0) is 21.8. The van der Waals surface area contributed by atoms with Crippen molar-refractivity contribution in [1.29, 1.82) is 0 Å². The van der Waals surface area contributed by atoms with Gasteiger partial charge in [-0.2, -0.15) is 5.10 Å². The maximum Gasteiger partial charge on any atom is 0.339 e. The van der Waals surface area contributed by atoms with Gasteiger partial charge in [-0.3, -0.25) is 4.79 Å². The van der Waals surface area contributed by atoms with E-state index in [0.29, 0.717) is 5.56 Å². The van der Waals surface area contributed by atoms with Crippen LogP contribution in [-0.2, 0) is 9.47 Å². The zero-order valence-electron chi connectivity index (χ0n) is 17.1. The monoisotopic (exact) mass is 407 g/mol. The summed E-state index contributed by atoms with van der Waals surface area (Å²) < 4.78 is 11.2. The van der Waals surface area contributed by atoms with E-state index in [9.17, 15) is 14.4 Å². The van der Waals surface area contributed by atoms with Crippen LogP contribution in [0, 0.1) is 13.8 Å². The molecule has 0 bridgehead atoms. The molecule has 0 saturated carbocycles. The minimum absolute atomic E-state index is 0.123. The first-order chi connectivity index (χ1) is 14.3. The molecule has 0 aliphatic heterocycles. The lowest BCUT2D eigenvalue weighted by atomic mass is 10.1. The maximum atomic E-state index is 12.7. The van der Waals surface area contributed by atoms with Crippen molar-refractivity contribution in [2.75, 3.05) is 19.5 Å². The number of carbonyl (C=O) groups excluding carboxylic acids is 3. The lowest BCUT2D eigenvalue weighted by Gasteiger charge is -2.12. The smallest absolute Gasteiger partial charge is 0.339 e. The largest absolute Gasteiger partial charge is 0.465 e. The standard InChI is InChI=1S/C22H21N3O5/c1-13-11-14(2)25(24-13)17-8-5-15(6-9-17)20(26)23-19-12-16(21(27)29-3)7-10-18(19)22(28)30-4/h5-12H,1-4H3,(H,23,26). The van der Waals surface area contributed by atoms with Crippen molar-refractivity contribution in [2.24, 2.45) is 0 Å². The molecule has 0 fully saturated rings. The van der Waals surface area contributed by atoms with Crippen LogP contribution < -0.4 is 5.32 Å². The fourth-order valence-electron chi connectivity index (χ4n) is 3.02. The van der Waals surface area contributed by atoms with Crippen molar-refractivity contribution in [3.8, 4) is 5.69 Å². The van der Waals surface area contributed by atoms with Gasteiger partial charge in [0.05, 0.1) is 42.4 Å². The van der Waals surface area contributed by atoms with Gasteiger partial charge >= 0.3 is 11.9 Å². The number of hydrogen-bond donors (Lipinski definition) is 1. The van der Waals surface area contributed by atoms with E-state index in [0.717, 1.165) is 17.1 Å². The van der Waals surface area contributed by atoms with Crippen molar-refractivity contribution < 1.29 is 23.9 Å². The van der Waals surface area contributed by atoms with E-state index in [1.165, 1.54) is 32.4 Å². The van der Waals surface area contributed by atoms with Gasteiger partial charge in [-0.25, -0.2) is 14.3 Å². The summed E-state index contributed by atoms with van der Waals surface area (Å²) in [7, 11) is 2.49. The van der Waals surface area contributed by atoms with E-state index < -0.39 is 17.8 Å². The van der Waals surface area contributed by atoms with E-state index in [4.69, 9.17) is 9.47 Å². The van der Waals surface area contributed by atoms with Crippen molar-refractivity contribution in [3.05, 3.63) is 76.6 Å². The molecule has 3 rings (SSSR count). The lowest BCUT2D eigenvalue weighted by molar-refractivity contribution is 0.0587. The molecule has 1 N–H and O–H groups in total. The normalized spacial score (nSPS) is 10.4. The molecule has 2 aromatic carbocycles. The van der Waals surface area contributed by atoms with Gasteiger partial charge in [-0.05, 0) is 62.4 Å². The highest BCUT2D eigenvalue weighted by Gasteiger charge is 2.18. The average Bonchev–Trinajstić information content (AvgIpc) is 3.10. The number of nitrogens with one attached hydrogen (secondary N) is 1. The Hall–Kier alpha value is -3.94. The maximum absolute atomic E-state index is 12.7. The molecule has 1 heterocycles. The number of methoxy groups -OCH3 is 2. The highest BCUT2D eigenvalue weighted by atomic mass is 16.5. The number of amides is 1. The van der Waals surface area contributed by atoms with Crippen LogP contribution in [0.25, 0.3) is 5.69 Å². The predicted molar refractivity (Wildman–Crippen MR) is 110 cm³/mol. The molecule has 0 aliphatic rings. The molecular weight excluding hydrogens is 386 g/mol. The third-order valence-electron chi connectivity index (χ3n) is 4.48. The molecule has 0 aliphatic carbocycles. The Labute approximate surface area is 173 Å². The molecular formula is C22H21N3O5. The summed E-state index contributed by atoms with van der Waals surface area (Å²) in [4.78, 5) is 36.6. The van der Waals surface area contributed by atoms with Crippen LogP contribution in [0.3, 0.4) is 0 Å². The van der Waals surface area contributed by atoms with Gasteiger partial charge in [0.1, 0.15) is 0 Å². The van der Waals surface area contributed by atoms with Crippen LogP contribution in [0.2, 0.25) is 0 Å². The van der Waals surface area contributed by atoms with Gasteiger partial charge in [0, 0.05) is 11.3 Å². The summed E-state index contributed by atoms with van der Waals surface area (Å²) in [6, 6.07) is 13.0. The molecule has 0 atom stereocenters. The van der Waals surface area contributed by atoms with Crippen molar-refractivity contribution in [2.45, 2.75) is 13.8 Å². The number of benzene rings is 2. The summed E-state index contributed by atoms with van der Waals surface area (Å²) in [5.41, 5.74) is 3.54. The zero-order valence-corrected chi connectivity index (χ0v) is 17.1. The van der Waals surface area contributed by atoms with Crippen molar-refractivity contribution in [3.63, 3.8) is 0 Å². The number of hydrogen-bond acceptors (Lipinski definition) is 6. The second-order valence-corrected chi connectivity index (χ2v) is 6.58. The van der Waals surface area contributed by atoms with Crippen molar-refractivity contribution >= 4 is 23.5 Å². The second-order valence-electron chi connectivity index (χ2n) is 6.58. The molecule has 1 amide bonds. The summed E-state index contributed by atoms with van der Waals surface area (Å²) in [6.45, 7) is 3.86. The molecule has 8 nitrogen and oxygen atoms in total. The molecule has 154 valence electrons. The minimum atomic E-state index is -0.637. The number of aromatic nitrogens is 2. The van der Waals surface area contributed by atoms with Gasteiger partial charge in [0.25, 0.3) is 5.91 Å². The van der Waals surface area contributed by atoms with Crippen LogP contribution in [-0.4, -0.2) is 41.8 Å². The number of aryl methyl sites for hydroxylation is 2. The SMILES string of the molecule is COC(=O)c1ccc(C(=O)OC)c(NC(=O)c2ccc(-n3nc(C)cc3C)cc2)c1. The number of esters is 2. The van der Waals surface area contributed by atoms with Gasteiger partial charge < -0.3 is 14.8 Å². The number of carbonyl (C=O) groups is 3. The first-order valence-corrected chi connectivity index (χ1v) is 9.09. The molecule has 8 heteroatoms. The van der Waals surface area contributed by atoms with Crippen LogP contribution in [0.4, 0.5) is 5.69 Å². The third-order valence-corrected chi connectivity index (χ3v) is 4.48. The van der Waals surface area contributed by atoms with E-state index in [1.807, 2.05) is 19.9 Å². The van der Waals surface area contributed by atoms with Gasteiger partial charge in [-0.15, -0.1) is 0 Å². The van der Waals surface area contributed by atoms with Crippen LogP contribution in [0.1, 0.15) is 42.5 Å². The Morgan fingerprint density at radius 2 is 1.50 bits per heavy atom. The quantitative estimate of drug-likeness (QED) is 0.652. The summed E-state index contributed by atoms with van der Waals surface area (Å²) in [5.74, 6) is -1.67. The van der Waals surface area contributed by atoms with Gasteiger partial charge in [0.15, 0.2) is 0 Å². The highest BCUT2D eigenvalue weighted by Crippen LogP contribution is 2.21. The topological polar surface area (TPSA) is 99.5 Å². The molecule has 30 heavy (non-hydrogen) atoms. The highest BCUT2D eigenvalue weighted by molar-refractivity contribution is 6.09. The number of ether oxygens (including phenoxy) is 2. The number of rotatable bonds is 5. The first kappa shape index (κ1) is 20.8. The van der Waals surface area contributed by atoms with Crippen LogP contribution in [0.15, 0.2) is 48.5 Å². The molecule has 0 unspecified atom stereocenters. The Morgan fingerprint density at radius 1 is 0.867 bits per heavy atom. The Bertz CT molecular complexity index is 1120. The Morgan fingerprint density at radius 3 is 2.07 bits per heavy atom. The summed E-state index contributed by atoms with van der Waals surface area (Å²) >= 11 is 0. The van der Waals surface area contributed by atoms with Gasteiger partial charge in [0.2, 0.25) is 0 Å². The van der Waals surface area contributed by atoms with E-state index in [1.54, 1.807) is 28.9 Å². The average molecular weight is 407 g/mol. The number of anilines is 1. The van der Waals surface area contributed by atoms with Crippen molar-refractivity contribution in [1.82, 2.24) is 9.78 Å². The molecule has 0 radical (unpaired) electrons. The Kier molecular flexibility index (Phi) is 5.96. The van der Waals surface area contributed by atoms with E-state index in [-0.39, 0.29) is 16.8 Å². The summed E-state index contributed by atoms with van der Waals surface area (Å²) in [5, 5.41) is 7.08. The third kappa shape index (κ3) is 4.22. The minimum Gasteiger partial charge on any atom is -0.465 e. The molecule has 3 aromatic rings. The first-order valence-electron chi connectivity index (χ1n) is 9.09. The number of nitrogens with zero attached hydrogens (tertiary/aromatic N) is 2. The second kappa shape index (κ2) is 8.60. The molecule has 1 aromatic heterocycles. The predicted octanol–water partition coefficient (Wildman–Crippen LogP) is 3.31. The van der Waals surface area contributed by atoms with Crippen LogP contribution >= 0.6 is 0 Å². The van der Waals surface area contributed by atoms with E-state index in [2.05, 4.69) is 10.4 Å². The summed E-state index contributed by atoms with van der Waals surface area (Å²) in [6.07, 6.45) is 0. The van der Waals surface area contributed by atoms with Gasteiger partial charge in [-0.1, -0.05) is 0 Å². The fraction of sp³-hybridized carbons (Fsp3) is 0.182. The molecule has 0 saturated heterocycles.